The Kier molecular flexibility index (Phi) is 7.33. The van der Waals surface area contributed by atoms with Crippen LogP contribution in [0.4, 0.5) is 0 Å². The summed E-state index contributed by atoms with van der Waals surface area (Å²) in [5, 5.41) is 14.3. The summed E-state index contributed by atoms with van der Waals surface area (Å²) in [5.41, 5.74) is 2.83. The molecule has 6 heteroatoms. The van der Waals surface area contributed by atoms with E-state index in [4.69, 9.17) is 10.1 Å². The lowest BCUT2D eigenvalue weighted by Gasteiger charge is -2.16. The number of pyridine rings is 1. The highest BCUT2D eigenvalue weighted by atomic mass is 16.4. The molecule has 0 aliphatic rings. The van der Waals surface area contributed by atoms with Crippen LogP contribution in [0.1, 0.15) is 80.1 Å². The third kappa shape index (κ3) is 4.93. The van der Waals surface area contributed by atoms with Crippen molar-refractivity contribution in [3.05, 3.63) is 65.5 Å². The molecule has 3 aromatic rings. The smallest absolute Gasteiger partial charge is 0.336 e. The van der Waals surface area contributed by atoms with Gasteiger partial charge in [0.15, 0.2) is 5.82 Å². The molecule has 0 amide bonds. The first-order valence-electron chi connectivity index (χ1n) is 10.8. The summed E-state index contributed by atoms with van der Waals surface area (Å²) in [6, 6.07) is 9.57. The van der Waals surface area contributed by atoms with E-state index in [0.29, 0.717) is 5.56 Å². The molecule has 30 heavy (non-hydrogen) atoms. The third-order valence-electron chi connectivity index (χ3n) is 5.38. The second-order valence-corrected chi connectivity index (χ2v) is 7.62. The molecule has 0 fully saturated rings. The average Bonchev–Trinajstić information content (AvgIpc) is 3.18. The maximum atomic E-state index is 11.5. The number of hydrogen-bond donors (Lipinski definition) is 1. The molecule has 0 bridgehead atoms. The van der Waals surface area contributed by atoms with Gasteiger partial charge in [-0.25, -0.2) is 14.5 Å². The monoisotopic (exact) mass is 406 g/mol. The number of unbranched alkanes of at least 4 members (excludes halogenated alkanes) is 2. The second-order valence-electron chi connectivity index (χ2n) is 7.62. The maximum Gasteiger partial charge on any atom is 0.336 e. The Morgan fingerprint density at radius 2 is 1.77 bits per heavy atom. The van der Waals surface area contributed by atoms with Crippen LogP contribution >= 0.6 is 0 Å². The topological polar surface area (TPSA) is 80.9 Å². The zero-order valence-corrected chi connectivity index (χ0v) is 18.0. The first-order chi connectivity index (χ1) is 14.5. The van der Waals surface area contributed by atoms with Gasteiger partial charge in [-0.2, -0.15) is 5.10 Å². The molecule has 2 aromatic heterocycles. The van der Waals surface area contributed by atoms with E-state index in [1.807, 2.05) is 24.3 Å². The zero-order chi connectivity index (χ0) is 21.5. The van der Waals surface area contributed by atoms with Crippen molar-refractivity contribution in [2.75, 3.05) is 0 Å². The van der Waals surface area contributed by atoms with Crippen molar-refractivity contribution in [2.24, 2.45) is 0 Å². The number of hydrogen-bond acceptors (Lipinski definition) is 4. The third-order valence-corrected chi connectivity index (χ3v) is 5.38. The van der Waals surface area contributed by atoms with Gasteiger partial charge in [0.25, 0.3) is 0 Å². The highest BCUT2D eigenvalue weighted by Crippen LogP contribution is 2.26. The molecule has 0 spiro atoms. The molecule has 2 heterocycles. The Morgan fingerprint density at radius 1 is 1.07 bits per heavy atom. The molecule has 0 radical (unpaired) electrons. The lowest BCUT2D eigenvalue weighted by atomic mass is 9.99. The quantitative estimate of drug-likeness (QED) is 0.492. The van der Waals surface area contributed by atoms with E-state index in [-0.39, 0.29) is 11.6 Å². The van der Waals surface area contributed by atoms with Crippen LogP contribution in [0.25, 0.3) is 11.1 Å². The molecular weight excluding hydrogens is 376 g/mol. The molecule has 0 aliphatic heterocycles. The van der Waals surface area contributed by atoms with Crippen molar-refractivity contribution in [3.63, 3.8) is 0 Å². The Morgan fingerprint density at radius 3 is 2.43 bits per heavy atom. The molecule has 0 saturated heterocycles. The summed E-state index contributed by atoms with van der Waals surface area (Å²) in [5.74, 6) is 1.01. The summed E-state index contributed by atoms with van der Waals surface area (Å²) in [6.45, 7) is 6.50. The number of aryl methyl sites for hydroxylation is 2. The summed E-state index contributed by atoms with van der Waals surface area (Å²) in [4.78, 5) is 20.4. The number of aromatic nitrogens is 4. The van der Waals surface area contributed by atoms with Crippen LogP contribution in [0.5, 0.6) is 0 Å². The highest BCUT2D eigenvalue weighted by Gasteiger charge is 2.17. The van der Waals surface area contributed by atoms with E-state index in [2.05, 4.69) is 30.4 Å². The molecule has 1 atom stereocenters. The fourth-order valence-corrected chi connectivity index (χ4v) is 3.55. The standard InChI is InChI=1S/C24H30N4O2/c1-4-6-8-22-26-23(9-7-5-2)28(27-22)17(3)18-10-12-19(13-11-18)21-16-25-15-14-20(21)24(29)30/h10-17H,4-9H2,1-3H3,(H,29,30). The Balaban J connectivity index is 1.88. The second kappa shape index (κ2) is 10.1. The van der Waals surface area contributed by atoms with Gasteiger partial charge >= 0.3 is 5.97 Å². The van der Waals surface area contributed by atoms with E-state index < -0.39 is 5.97 Å². The fraction of sp³-hybridized carbons (Fsp3) is 0.417. The van der Waals surface area contributed by atoms with Gasteiger partial charge in [-0.05, 0) is 37.0 Å². The average molecular weight is 407 g/mol. The minimum atomic E-state index is -0.951. The van der Waals surface area contributed by atoms with Crippen LogP contribution < -0.4 is 0 Å². The predicted octanol–water partition coefficient (Wildman–Crippen LogP) is 5.33. The summed E-state index contributed by atoms with van der Waals surface area (Å²) in [7, 11) is 0. The van der Waals surface area contributed by atoms with E-state index in [1.54, 1.807) is 6.20 Å². The molecule has 158 valence electrons. The van der Waals surface area contributed by atoms with Gasteiger partial charge in [-0.1, -0.05) is 51.0 Å². The van der Waals surface area contributed by atoms with Crippen LogP contribution in [0, 0.1) is 0 Å². The molecular formula is C24H30N4O2. The highest BCUT2D eigenvalue weighted by molar-refractivity contribution is 5.95. The lowest BCUT2D eigenvalue weighted by Crippen LogP contribution is -2.13. The van der Waals surface area contributed by atoms with Gasteiger partial charge in [0.05, 0.1) is 11.6 Å². The molecule has 1 N–H and O–H groups in total. The van der Waals surface area contributed by atoms with Gasteiger partial charge in [0.2, 0.25) is 0 Å². The Labute approximate surface area is 178 Å². The number of carbonyl (C=O) groups is 1. The minimum absolute atomic E-state index is 0.0571. The van der Waals surface area contributed by atoms with Crippen molar-refractivity contribution < 1.29 is 9.90 Å². The van der Waals surface area contributed by atoms with Crippen molar-refractivity contribution in [3.8, 4) is 11.1 Å². The first kappa shape index (κ1) is 21.7. The van der Waals surface area contributed by atoms with Crippen molar-refractivity contribution in [1.29, 1.82) is 0 Å². The van der Waals surface area contributed by atoms with Crippen LogP contribution in [-0.4, -0.2) is 30.8 Å². The first-order valence-corrected chi connectivity index (χ1v) is 10.8. The van der Waals surface area contributed by atoms with Gasteiger partial charge in [0.1, 0.15) is 5.82 Å². The van der Waals surface area contributed by atoms with Crippen LogP contribution in [0.15, 0.2) is 42.7 Å². The van der Waals surface area contributed by atoms with Crippen molar-refractivity contribution >= 4 is 5.97 Å². The fourth-order valence-electron chi connectivity index (χ4n) is 3.55. The predicted molar refractivity (Wildman–Crippen MR) is 118 cm³/mol. The van der Waals surface area contributed by atoms with E-state index >= 15 is 0 Å². The zero-order valence-electron chi connectivity index (χ0n) is 18.0. The van der Waals surface area contributed by atoms with Crippen LogP contribution in [0.3, 0.4) is 0 Å². The summed E-state index contributed by atoms with van der Waals surface area (Å²) >= 11 is 0. The number of benzene rings is 1. The normalized spacial score (nSPS) is 12.1. The lowest BCUT2D eigenvalue weighted by molar-refractivity contribution is 0.0697. The molecule has 3 rings (SSSR count). The molecule has 1 aromatic carbocycles. The van der Waals surface area contributed by atoms with Crippen LogP contribution in [-0.2, 0) is 12.8 Å². The van der Waals surface area contributed by atoms with Crippen molar-refractivity contribution in [1.82, 2.24) is 19.7 Å². The van der Waals surface area contributed by atoms with Crippen molar-refractivity contribution in [2.45, 2.75) is 65.3 Å². The Bertz CT molecular complexity index is 979. The number of carboxylic acids is 1. The maximum absolute atomic E-state index is 11.5. The SMILES string of the molecule is CCCCc1nc(CCCC)n(C(C)c2ccc(-c3cnccc3C(=O)O)cc2)n1. The minimum Gasteiger partial charge on any atom is -0.478 e. The molecule has 0 aliphatic carbocycles. The number of rotatable bonds is 10. The molecule has 0 saturated carbocycles. The van der Waals surface area contributed by atoms with Gasteiger partial charge < -0.3 is 5.11 Å². The summed E-state index contributed by atoms with van der Waals surface area (Å²) < 4.78 is 2.06. The van der Waals surface area contributed by atoms with Gasteiger partial charge in [0, 0.05) is 30.8 Å². The van der Waals surface area contributed by atoms with Gasteiger partial charge in [-0.3, -0.25) is 4.98 Å². The number of aromatic carboxylic acids is 1. The van der Waals surface area contributed by atoms with E-state index in [9.17, 15) is 9.90 Å². The number of nitrogens with zero attached hydrogens (tertiary/aromatic N) is 4. The van der Waals surface area contributed by atoms with E-state index in [1.165, 1.54) is 12.3 Å². The molecule has 1 unspecified atom stereocenters. The summed E-state index contributed by atoms with van der Waals surface area (Å²) in [6.07, 6.45) is 9.38. The largest absolute Gasteiger partial charge is 0.478 e. The molecule has 6 nitrogen and oxygen atoms in total. The van der Waals surface area contributed by atoms with Crippen LogP contribution in [0.2, 0.25) is 0 Å². The van der Waals surface area contributed by atoms with E-state index in [0.717, 1.165) is 61.3 Å². The Hall–Kier alpha value is -3.02. The van der Waals surface area contributed by atoms with Gasteiger partial charge in [-0.15, -0.1) is 0 Å². The number of carboxylic acid groups (broad SMARTS) is 1.